The molecule has 2 heterocycles. The van der Waals surface area contributed by atoms with Crippen LogP contribution in [-0.4, -0.2) is 36.5 Å². The fraction of sp³-hybridized carbons (Fsp3) is 1.00. The quantitative estimate of drug-likeness (QED) is 0.805. The molecule has 0 radical (unpaired) electrons. The first kappa shape index (κ1) is 13.3. The topological polar surface area (TPSA) is 30.5 Å². The fourth-order valence-corrected chi connectivity index (χ4v) is 3.25. The van der Waals surface area contributed by atoms with Crippen molar-refractivity contribution >= 4 is 0 Å². The maximum Gasteiger partial charge on any atom is 0.0641 e. The van der Waals surface area contributed by atoms with Crippen molar-refractivity contribution in [2.45, 2.75) is 83.3 Å². The van der Waals surface area contributed by atoms with E-state index in [9.17, 15) is 0 Å². The molecule has 2 fully saturated rings. The van der Waals surface area contributed by atoms with Crippen molar-refractivity contribution in [3.05, 3.63) is 0 Å². The summed E-state index contributed by atoms with van der Waals surface area (Å²) in [4.78, 5) is 0. The lowest BCUT2D eigenvalue weighted by molar-refractivity contribution is -0.0734. The second kappa shape index (κ2) is 5.25. The van der Waals surface area contributed by atoms with E-state index in [4.69, 9.17) is 9.47 Å². The Balaban J connectivity index is 1.83. The van der Waals surface area contributed by atoms with Crippen molar-refractivity contribution in [3.63, 3.8) is 0 Å². The molecule has 100 valence electrons. The van der Waals surface area contributed by atoms with E-state index in [1.54, 1.807) is 0 Å². The Morgan fingerprint density at radius 1 is 1.06 bits per heavy atom. The van der Waals surface area contributed by atoms with E-state index in [1.165, 1.54) is 0 Å². The van der Waals surface area contributed by atoms with Gasteiger partial charge < -0.3 is 14.8 Å². The highest BCUT2D eigenvalue weighted by atomic mass is 16.5. The lowest BCUT2D eigenvalue weighted by atomic mass is 9.91. The standard InChI is InChI=1S/C14H27NO2/c1-10-7-13(8-11(2)17-10)15-12-5-6-16-14(3,4)9-12/h10-13,15H,5-9H2,1-4H3. The van der Waals surface area contributed by atoms with Gasteiger partial charge in [-0.15, -0.1) is 0 Å². The average Bonchev–Trinajstić information content (AvgIpc) is 2.13. The Morgan fingerprint density at radius 2 is 1.71 bits per heavy atom. The van der Waals surface area contributed by atoms with Gasteiger partial charge in [-0.3, -0.25) is 0 Å². The zero-order valence-corrected chi connectivity index (χ0v) is 11.7. The van der Waals surface area contributed by atoms with Crippen molar-refractivity contribution in [1.82, 2.24) is 5.32 Å². The minimum Gasteiger partial charge on any atom is -0.375 e. The van der Waals surface area contributed by atoms with Crippen LogP contribution in [0, 0.1) is 0 Å². The Kier molecular flexibility index (Phi) is 4.11. The molecular weight excluding hydrogens is 214 g/mol. The molecular formula is C14H27NO2. The van der Waals surface area contributed by atoms with E-state index < -0.39 is 0 Å². The lowest BCUT2D eigenvalue weighted by Gasteiger charge is -2.40. The largest absolute Gasteiger partial charge is 0.375 e. The van der Waals surface area contributed by atoms with Gasteiger partial charge in [-0.05, 0) is 53.4 Å². The monoisotopic (exact) mass is 241 g/mol. The van der Waals surface area contributed by atoms with Gasteiger partial charge in [0, 0.05) is 18.7 Å². The van der Waals surface area contributed by atoms with Crippen molar-refractivity contribution in [1.29, 1.82) is 0 Å². The summed E-state index contributed by atoms with van der Waals surface area (Å²) in [7, 11) is 0. The first-order valence-electron chi connectivity index (χ1n) is 7.00. The van der Waals surface area contributed by atoms with Gasteiger partial charge in [-0.25, -0.2) is 0 Å². The van der Waals surface area contributed by atoms with Crippen LogP contribution in [-0.2, 0) is 9.47 Å². The van der Waals surface area contributed by atoms with Crippen LogP contribution in [0.15, 0.2) is 0 Å². The van der Waals surface area contributed by atoms with Crippen molar-refractivity contribution in [3.8, 4) is 0 Å². The molecule has 0 spiro atoms. The first-order chi connectivity index (χ1) is 7.94. The third kappa shape index (κ3) is 3.94. The van der Waals surface area contributed by atoms with E-state index in [2.05, 4.69) is 33.0 Å². The van der Waals surface area contributed by atoms with Crippen LogP contribution < -0.4 is 5.32 Å². The van der Waals surface area contributed by atoms with Crippen LogP contribution in [0.25, 0.3) is 0 Å². The molecule has 2 saturated heterocycles. The molecule has 17 heavy (non-hydrogen) atoms. The van der Waals surface area contributed by atoms with Gasteiger partial charge in [0.05, 0.1) is 17.8 Å². The highest BCUT2D eigenvalue weighted by Crippen LogP contribution is 2.26. The molecule has 2 rings (SSSR count). The summed E-state index contributed by atoms with van der Waals surface area (Å²) in [6, 6.07) is 1.23. The van der Waals surface area contributed by atoms with E-state index in [0.717, 1.165) is 32.3 Å². The molecule has 0 amide bonds. The predicted molar refractivity (Wildman–Crippen MR) is 69.2 cm³/mol. The molecule has 0 aromatic rings. The minimum absolute atomic E-state index is 0.0400. The van der Waals surface area contributed by atoms with Crippen molar-refractivity contribution < 1.29 is 9.47 Å². The van der Waals surface area contributed by atoms with Crippen molar-refractivity contribution in [2.75, 3.05) is 6.61 Å². The molecule has 3 unspecified atom stereocenters. The van der Waals surface area contributed by atoms with Gasteiger partial charge in [-0.1, -0.05) is 0 Å². The van der Waals surface area contributed by atoms with E-state index >= 15 is 0 Å². The van der Waals surface area contributed by atoms with Gasteiger partial charge >= 0.3 is 0 Å². The summed E-state index contributed by atoms with van der Waals surface area (Å²) in [6.07, 6.45) is 5.33. The molecule has 3 heteroatoms. The van der Waals surface area contributed by atoms with Gasteiger partial charge in [0.2, 0.25) is 0 Å². The van der Waals surface area contributed by atoms with Gasteiger partial charge in [0.25, 0.3) is 0 Å². The highest BCUT2D eigenvalue weighted by molar-refractivity contribution is 4.87. The Bertz CT molecular complexity index is 245. The molecule has 0 bridgehead atoms. The van der Waals surface area contributed by atoms with Gasteiger partial charge in [0.1, 0.15) is 0 Å². The maximum atomic E-state index is 5.78. The number of hydrogen-bond donors (Lipinski definition) is 1. The molecule has 1 N–H and O–H groups in total. The molecule has 3 atom stereocenters. The van der Waals surface area contributed by atoms with E-state index in [1.807, 2.05) is 0 Å². The Hall–Kier alpha value is -0.120. The van der Waals surface area contributed by atoms with Crippen LogP contribution in [0.3, 0.4) is 0 Å². The number of rotatable bonds is 2. The molecule has 0 aliphatic carbocycles. The van der Waals surface area contributed by atoms with Crippen LogP contribution in [0.1, 0.15) is 53.4 Å². The van der Waals surface area contributed by atoms with E-state index in [0.29, 0.717) is 24.3 Å². The van der Waals surface area contributed by atoms with Gasteiger partial charge in [-0.2, -0.15) is 0 Å². The summed E-state index contributed by atoms with van der Waals surface area (Å²) in [5.41, 5.74) is 0.0400. The summed E-state index contributed by atoms with van der Waals surface area (Å²) in [6.45, 7) is 9.63. The summed E-state index contributed by atoms with van der Waals surface area (Å²) in [5.74, 6) is 0. The normalized spacial score (nSPS) is 42.4. The molecule has 0 aromatic heterocycles. The molecule has 3 nitrogen and oxygen atoms in total. The molecule has 2 aliphatic heterocycles. The van der Waals surface area contributed by atoms with Crippen LogP contribution in [0.5, 0.6) is 0 Å². The third-order valence-electron chi connectivity index (χ3n) is 3.87. The lowest BCUT2D eigenvalue weighted by Crippen LogP contribution is -2.50. The van der Waals surface area contributed by atoms with E-state index in [-0.39, 0.29) is 5.60 Å². The van der Waals surface area contributed by atoms with Crippen LogP contribution >= 0.6 is 0 Å². The summed E-state index contributed by atoms with van der Waals surface area (Å²) >= 11 is 0. The Labute approximate surface area is 105 Å². The maximum absolute atomic E-state index is 5.78. The van der Waals surface area contributed by atoms with Crippen molar-refractivity contribution in [2.24, 2.45) is 0 Å². The number of nitrogens with one attached hydrogen (secondary N) is 1. The first-order valence-corrected chi connectivity index (χ1v) is 7.00. The minimum atomic E-state index is 0.0400. The number of ether oxygens (including phenoxy) is 2. The molecule has 0 aromatic carbocycles. The smallest absolute Gasteiger partial charge is 0.0641 e. The van der Waals surface area contributed by atoms with Gasteiger partial charge in [0.15, 0.2) is 0 Å². The van der Waals surface area contributed by atoms with Crippen LogP contribution in [0.2, 0.25) is 0 Å². The molecule has 0 saturated carbocycles. The SMILES string of the molecule is CC1CC(NC2CCOC(C)(C)C2)CC(C)O1. The predicted octanol–water partition coefficient (Wildman–Crippen LogP) is 2.49. The third-order valence-corrected chi connectivity index (χ3v) is 3.87. The second-order valence-corrected chi connectivity index (χ2v) is 6.39. The fourth-order valence-electron chi connectivity index (χ4n) is 3.25. The number of hydrogen-bond acceptors (Lipinski definition) is 3. The average molecular weight is 241 g/mol. The molecule has 2 aliphatic rings. The summed E-state index contributed by atoms with van der Waals surface area (Å²) in [5, 5.41) is 3.81. The second-order valence-electron chi connectivity index (χ2n) is 6.39. The summed E-state index contributed by atoms with van der Waals surface area (Å²) < 4.78 is 11.5. The zero-order valence-electron chi connectivity index (χ0n) is 11.7. The Morgan fingerprint density at radius 3 is 2.29 bits per heavy atom. The zero-order chi connectivity index (χ0) is 12.5. The highest BCUT2D eigenvalue weighted by Gasteiger charge is 2.32. The van der Waals surface area contributed by atoms with Crippen LogP contribution in [0.4, 0.5) is 0 Å².